The minimum Gasteiger partial charge on any atom is -0.450 e. The number of carboxylic acid groups (broad SMARTS) is 4. The number of morpholine rings is 1. The molecule has 0 radical (unpaired) electrons. The Labute approximate surface area is 265 Å². The van der Waals surface area contributed by atoms with Crippen LogP contribution in [0.3, 0.4) is 0 Å². The Morgan fingerprint density at radius 3 is 1.93 bits per heavy atom. The second-order valence-corrected chi connectivity index (χ2v) is 12.6. The van der Waals surface area contributed by atoms with Gasteiger partial charge in [-0.2, -0.15) is 0 Å². The molecule has 1 unspecified atom stereocenters. The van der Waals surface area contributed by atoms with Crippen LogP contribution in [0.2, 0.25) is 0 Å². The fourth-order valence-corrected chi connectivity index (χ4v) is 5.46. The average molecular weight is 647 g/mol. The number of fused-ring (bicyclic) bond motifs is 1. The van der Waals surface area contributed by atoms with Crippen molar-refractivity contribution in [2.45, 2.75) is 65.6 Å². The van der Waals surface area contributed by atoms with Crippen molar-refractivity contribution in [1.82, 2.24) is 34.4 Å². The molecule has 0 bridgehead atoms. The van der Waals surface area contributed by atoms with Crippen LogP contribution in [0, 0.1) is 5.92 Å². The normalized spacial score (nSPS) is 16.6. The van der Waals surface area contributed by atoms with Crippen LogP contribution in [0.25, 0.3) is 22.6 Å². The van der Waals surface area contributed by atoms with E-state index >= 15 is 0 Å². The number of imidazole rings is 1. The Morgan fingerprint density at radius 2 is 1.43 bits per heavy atom. The fourth-order valence-electron chi connectivity index (χ4n) is 5.46. The lowest BCUT2D eigenvalue weighted by Gasteiger charge is -2.45. The zero-order valence-corrected chi connectivity index (χ0v) is 26.9. The summed E-state index contributed by atoms with van der Waals surface area (Å²) in [5, 5.41) is 27.9. The van der Waals surface area contributed by atoms with Gasteiger partial charge in [-0.3, -0.25) is 4.79 Å². The molecule has 0 spiro atoms. The predicted molar refractivity (Wildman–Crippen MR) is 165 cm³/mol. The number of carbonyl (C=O) groups excluding carboxylic acids is 1. The number of amides is 1. The Bertz CT molecular complexity index is 1450. The number of ether oxygens (including phenoxy) is 2. The van der Waals surface area contributed by atoms with Crippen molar-refractivity contribution in [2.75, 3.05) is 44.4 Å². The Balaban J connectivity index is 0.000000647. The third-order valence-corrected chi connectivity index (χ3v) is 6.88. The highest BCUT2D eigenvalue weighted by atomic mass is 16.6. The van der Waals surface area contributed by atoms with Crippen LogP contribution in [-0.2, 0) is 16.0 Å². The van der Waals surface area contributed by atoms with E-state index in [9.17, 15) is 4.79 Å². The maximum absolute atomic E-state index is 13.4. The number of nitrogens with zero attached hydrogens (tertiary/aromatic N) is 8. The predicted octanol–water partition coefficient (Wildman–Crippen LogP) is 3.64. The highest BCUT2D eigenvalue weighted by Gasteiger charge is 2.37. The van der Waals surface area contributed by atoms with Crippen LogP contribution >= 0.6 is 0 Å². The van der Waals surface area contributed by atoms with Gasteiger partial charge in [0.05, 0.1) is 31.7 Å². The van der Waals surface area contributed by atoms with Gasteiger partial charge in [-0.15, -0.1) is 0 Å². The van der Waals surface area contributed by atoms with Crippen molar-refractivity contribution in [1.29, 1.82) is 0 Å². The third-order valence-electron chi connectivity index (χ3n) is 6.88. The Hall–Kier alpha value is -4.64. The number of carbonyl (C=O) groups is 3. The summed E-state index contributed by atoms with van der Waals surface area (Å²) < 4.78 is 13.2. The molecule has 2 saturated heterocycles. The molecule has 0 aliphatic carbocycles. The van der Waals surface area contributed by atoms with Crippen molar-refractivity contribution in [2.24, 2.45) is 5.92 Å². The van der Waals surface area contributed by atoms with Crippen molar-refractivity contribution in [3.05, 3.63) is 24.5 Å². The lowest BCUT2D eigenvalue weighted by molar-refractivity contribution is 0.0258. The van der Waals surface area contributed by atoms with Crippen LogP contribution in [0.4, 0.5) is 15.4 Å². The smallest absolute Gasteiger partial charge is 0.450 e. The topological polar surface area (TPSA) is 226 Å². The molecule has 2 aliphatic heterocycles. The average Bonchev–Trinajstić information content (AvgIpc) is 3.61. The van der Waals surface area contributed by atoms with Gasteiger partial charge in [-0.1, -0.05) is 0 Å². The summed E-state index contributed by atoms with van der Waals surface area (Å²) in [4.78, 5) is 58.0. The van der Waals surface area contributed by atoms with Gasteiger partial charge >= 0.3 is 12.3 Å². The van der Waals surface area contributed by atoms with Crippen molar-refractivity contribution < 1.29 is 44.3 Å². The molecule has 2 aliphatic rings. The second kappa shape index (κ2) is 15.1. The standard InChI is InChI=1S/C27H38N8O3.2CH2O3/c1-26(2,3)35(27(4,5)6)25(36)22-28-13-19(14-29-22)21-31-23(33-8-11-37-12-9-33)20-24(32-21)34(17-30-20)15-18-7-10-38-16-18;2*2-1(3)4/h13-14,17-18H,7-12,15-16H2,1-6H3;2*(H2,2,3,4). The van der Waals surface area contributed by atoms with Crippen LogP contribution in [0.5, 0.6) is 0 Å². The molecular weight excluding hydrogens is 604 g/mol. The maximum atomic E-state index is 13.4. The highest BCUT2D eigenvalue weighted by Crippen LogP contribution is 2.29. The maximum Gasteiger partial charge on any atom is 0.503 e. The van der Waals surface area contributed by atoms with E-state index in [0.717, 1.165) is 56.3 Å². The van der Waals surface area contributed by atoms with Gasteiger partial charge in [0.2, 0.25) is 5.82 Å². The number of rotatable bonds is 5. The Kier molecular flexibility index (Phi) is 11.8. The quantitative estimate of drug-likeness (QED) is 0.310. The van der Waals surface area contributed by atoms with Gasteiger partial charge in [0.1, 0.15) is 0 Å². The SMILES string of the molecule is CC(C)(C)N(C(=O)c1ncc(-c2nc(N3CCOCC3)c3ncn(CC4CCOC4)c3n2)cn1)C(C)(C)C.O=C(O)O.O=C(O)O. The van der Waals surface area contributed by atoms with E-state index in [1.165, 1.54) is 0 Å². The van der Waals surface area contributed by atoms with Crippen molar-refractivity contribution in [3.63, 3.8) is 0 Å². The molecule has 1 amide bonds. The molecule has 0 saturated carbocycles. The molecule has 17 nitrogen and oxygen atoms in total. The minimum absolute atomic E-state index is 0.152. The van der Waals surface area contributed by atoms with E-state index in [0.29, 0.717) is 30.5 Å². The van der Waals surface area contributed by atoms with Gasteiger partial charge < -0.3 is 44.3 Å². The molecule has 5 heterocycles. The molecule has 0 aromatic carbocycles. The van der Waals surface area contributed by atoms with E-state index in [1.54, 1.807) is 12.4 Å². The van der Waals surface area contributed by atoms with Gasteiger partial charge in [0, 0.05) is 55.6 Å². The largest absolute Gasteiger partial charge is 0.503 e. The Morgan fingerprint density at radius 1 is 0.870 bits per heavy atom. The van der Waals surface area contributed by atoms with Crippen LogP contribution in [-0.4, -0.2) is 124 Å². The lowest BCUT2D eigenvalue weighted by Crippen LogP contribution is -2.56. The monoisotopic (exact) mass is 646 g/mol. The molecule has 46 heavy (non-hydrogen) atoms. The first-order valence-corrected chi connectivity index (χ1v) is 14.6. The summed E-state index contributed by atoms with van der Waals surface area (Å²) in [7, 11) is 0. The number of hydrogen-bond acceptors (Lipinski definition) is 11. The summed E-state index contributed by atoms with van der Waals surface area (Å²) in [5.74, 6) is 1.66. The molecule has 5 rings (SSSR count). The molecule has 3 aromatic heterocycles. The molecule has 3 aromatic rings. The minimum atomic E-state index is -1.83. The van der Waals surface area contributed by atoms with E-state index < -0.39 is 12.3 Å². The van der Waals surface area contributed by atoms with Gasteiger partial charge in [0.25, 0.3) is 5.91 Å². The first-order chi connectivity index (χ1) is 21.5. The number of hydrogen-bond donors (Lipinski definition) is 4. The van der Waals surface area contributed by atoms with E-state index in [2.05, 4.69) is 19.4 Å². The third kappa shape index (κ3) is 9.68. The van der Waals surface area contributed by atoms with Crippen molar-refractivity contribution in [3.8, 4) is 11.4 Å². The summed E-state index contributed by atoms with van der Waals surface area (Å²) in [6, 6.07) is 0. The number of aromatic nitrogens is 6. The molecule has 17 heteroatoms. The summed E-state index contributed by atoms with van der Waals surface area (Å²) >= 11 is 0. The summed E-state index contributed by atoms with van der Waals surface area (Å²) in [6.45, 7) is 17.2. The summed E-state index contributed by atoms with van der Waals surface area (Å²) in [5.41, 5.74) is 1.42. The van der Waals surface area contributed by atoms with Gasteiger partial charge in [-0.05, 0) is 48.0 Å². The fraction of sp³-hybridized carbons (Fsp3) is 0.586. The molecule has 252 valence electrons. The highest BCUT2D eigenvalue weighted by molar-refractivity contribution is 5.92. The van der Waals surface area contributed by atoms with Gasteiger partial charge in [0.15, 0.2) is 22.8 Å². The second-order valence-electron chi connectivity index (χ2n) is 12.6. The summed E-state index contributed by atoms with van der Waals surface area (Å²) in [6.07, 6.45) is 2.48. The molecule has 4 N–H and O–H groups in total. The van der Waals surface area contributed by atoms with Crippen LogP contribution in [0.1, 0.15) is 58.6 Å². The molecule has 1 atom stereocenters. The zero-order valence-electron chi connectivity index (χ0n) is 26.9. The van der Waals surface area contributed by atoms with E-state index in [4.69, 9.17) is 54.4 Å². The lowest BCUT2D eigenvalue weighted by atomic mass is 9.95. The molecule has 2 fully saturated rings. The zero-order chi connectivity index (χ0) is 34.2. The van der Waals surface area contributed by atoms with Crippen LogP contribution < -0.4 is 4.90 Å². The van der Waals surface area contributed by atoms with E-state index in [-0.39, 0.29) is 22.8 Å². The molecular formula is C29H42N8O9. The first kappa shape index (κ1) is 35.8. The van der Waals surface area contributed by atoms with Crippen molar-refractivity contribution >= 4 is 35.2 Å². The first-order valence-electron chi connectivity index (χ1n) is 14.6. The van der Waals surface area contributed by atoms with Gasteiger partial charge in [-0.25, -0.2) is 34.5 Å². The van der Waals surface area contributed by atoms with Crippen LogP contribution in [0.15, 0.2) is 18.7 Å². The van der Waals surface area contributed by atoms with E-state index in [1.807, 2.05) is 52.8 Å². The number of anilines is 1.